The van der Waals surface area contributed by atoms with Crippen molar-refractivity contribution in [1.29, 1.82) is 0 Å². The lowest BCUT2D eigenvalue weighted by molar-refractivity contribution is 0.0670. The van der Waals surface area contributed by atoms with Crippen LogP contribution in [0, 0.1) is 5.92 Å². The van der Waals surface area contributed by atoms with Gasteiger partial charge >= 0.3 is 6.09 Å². The number of nitrogens with zero attached hydrogens (tertiary/aromatic N) is 3. The van der Waals surface area contributed by atoms with Gasteiger partial charge in [-0.2, -0.15) is 5.10 Å². The van der Waals surface area contributed by atoms with E-state index in [-0.39, 0.29) is 12.0 Å². The van der Waals surface area contributed by atoms with E-state index >= 15 is 0 Å². The van der Waals surface area contributed by atoms with Crippen LogP contribution in [-0.2, 0) is 18.3 Å². The predicted molar refractivity (Wildman–Crippen MR) is 90.6 cm³/mol. The molecule has 126 valence electrons. The minimum absolute atomic E-state index is 0.153. The minimum atomic E-state index is -0.190. The van der Waals surface area contributed by atoms with Crippen LogP contribution in [0.5, 0.6) is 0 Å². The number of hydrogen-bond donors (Lipinski definition) is 0. The number of rotatable bonds is 3. The molecule has 1 aliphatic carbocycles. The summed E-state index contributed by atoms with van der Waals surface area (Å²) in [5.74, 6) is 0.722. The van der Waals surface area contributed by atoms with Crippen LogP contribution in [0.3, 0.4) is 0 Å². The van der Waals surface area contributed by atoms with Gasteiger partial charge in [-0.15, -0.1) is 0 Å². The van der Waals surface area contributed by atoms with E-state index in [1.54, 1.807) is 0 Å². The number of aryl methyl sites for hydroxylation is 1. The summed E-state index contributed by atoms with van der Waals surface area (Å²) in [6.45, 7) is 1.83. The van der Waals surface area contributed by atoms with Crippen LogP contribution in [0.1, 0.15) is 41.9 Å². The van der Waals surface area contributed by atoms with Crippen molar-refractivity contribution in [2.75, 3.05) is 13.2 Å². The van der Waals surface area contributed by atoms with Crippen molar-refractivity contribution in [3.8, 4) is 0 Å². The average Bonchev–Trinajstić information content (AvgIpc) is 2.98. The molecule has 24 heavy (non-hydrogen) atoms. The Balaban J connectivity index is 1.54. The highest BCUT2D eigenvalue weighted by molar-refractivity contribution is 5.68. The van der Waals surface area contributed by atoms with Crippen LogP contribution < -0.4 is 0 Å². The zero-order valence-electron chi connectivity index (χ0n) is 14.0. The third kappa shape index (κ3) is 2.90. The molecular formula is C19H23N3O2. The standard InChI is InChI=1S/C19H23N3O2/c1-21-10-16(9-20-21)18-12-22(11-15-7-2-3-8-17(15)18)19(23)24-13-14-5-4-6-14/h2-3,7-10,14,18H,4-6,11-13H2,1H3. The molecule has 0 N–H and O–H groups in total. The molecule has 1 saturated carbocycles. The first-order valence-electron chi connectivity index (χ1n) is 8.69. The van der Waals surface area contributed by atoms with E-state index in [4.69, 9.17) is 4.74 Å². The van der Waals surface area contributed by atoms with Crippen LogP contribution in [-0.4, -0.2) is 33.9 Å². The van der Waals surface area contributed by atoms with E-state index in [2.05, 4.69) is 23.3 Å². The molecule has 0 radical (unpaired) electrons. The Labute approximate surface area is 142 Å². The molecule has 0 saturated heterocycles. The monoisotopic (exact) mass is 325 g/mol. The second kappa shape index (κ2) is 6.30. The first kappa shape index (κ1) is 15.2. The Kier molecular flexibility index (Phi) is 4.00. The van der Waals surface area contributed by atoms with Gasteiger partial charge in [0.2, 0.25) is 0 Å². The molecule has 2 aliphatic rings. The summed E-state index contributed by atoms with van der Waals surface area (Å²) in [4.78, 5) is 14.3. The summed E-state index contributed by atoms with van der Waals surface area (Å²) in [5.41, 5.74) is 3.62. The third-order valence-electron chi connectivity index (χ3n) is 5.25. The Morgan fingerprint density at radius 2 is 2.17 bits per heavy atom. The number of amides is 1. The zero-order chi connectivity index (χ0) is 16.5. The van der Waals surface area contributed by atoms with E-state index in [9.17, 15) is 4.79 Å². The molecule has 0 spiro atoms. The third-order valence-corrected chi connectivity index (χ3v) is 5.25. The average molecular weight is 325 g/mol. The van der Waals surface area contributed by atoms with Crippen molar-refractivity contribution in [3.63, 3.8) is 0 Å². The predicted octanol–water partition coefficient (Wildman–Crippen LogP) is 3.30. The number of carbonyl (C=O) groups is 1. The van der Waals surface area contributed by atoms with Crippen LogP contribution >= 0.6 is 0 Å². The number of benzene rings is 1. The molecule has 4 rings (SSSR count). The minimum Gasteiger partial charge on any atom is -0.449 e. The Morgan fingerprint density at radius 3 is 2.88 bits per heavy atom. The van der Waals surface area contributed by atoms with Crippen LogP contribution in [0.2, 0.25) is 0 Å². The molecule has 0 bridgehead atoms. The molecular weight excluding hydrogens is 302 g/mol. The van der Waals surface area contributed by atoms with Gasteiger partial charge in [0.1, 0.15) is 0 Å². The molecule has 5 heteroatoms. The fraction of sp³-hybridized carbons (Fsp3) is 0.474. The number of hydrogen-bond acceptors (Lipinski definition) is 3. The van der Waals surface area contributed by atoms with Gasteiger partial charge in [0.15, 0.2) is 0 Å². The maximum Gasteiger partial charge on any atom is 0.410 e. The van der Waals surface area contributed by atoms with E-state index in [1.807, 2.05) is 35.1 Å². The largest absolute Gasteiger partial charge is 0.449 e. The lowest BCUT2D eigenvalue weighted by atomic mass is 9.86. The molecule has 1 unspecified atom stereocenters. The van der Waals surface area contributed by atoms with Gasteiger partial charge in [-0.1, -0.05) is 30.7 Å². The van der Waals surface area contributed by atoms with E-state index < -0.39 is 0 Å². The van der Waals surface area contributed by atoms with Crippen LogP contribution in [0.15, 0.2) is 36.7 Å². The Bertz CT molecular complexity index is 736. The number of fused-ring (bicyclic) bond motifs is 1. The SMILES string of the molecule is Cn1cc(C2CN(C(=O)OCC3CCC3)Cc3ccccc32)cn1. The molecule has 1 fully saturated rings. The van der Waals surface area contributed by atoms with Gasteiger partial charge < -0.3 is 9.64 Å². The van der Waals surface area contributed by atoms with Crippen molar-refractivity contribution in [2.45, 2.75) is 31.7 Å². The van der Waals surface area contributed by atoms with Gasteiger partial charge in [0.25, 0.3) is 0 Å². The van der Waals surface area contributed by atoms with Gasteiger partial charge in [0.05, 0.1) is 12.8 Å². The number of aromatic nitrogens is 2. The van der Waals surface area contributed by atoms with Crippen molar-refractivity contribution in [2.24, 2.45) is 13.0 Å². The highest BCUT2D eigenvalue weighted by Gasteiger charge is 2.31. The Morgan fingerprint density at radius 1 is 1.33 bits per heavy atom. The quantitative estimate of drug-likeness (QED) is 0.870. The topological polar surface area (TPSA) is 47.4 Å². The maximum atomic E-state index is 12.5. The van der Waals surface area contributed by atoms with Crippen molar-refractivity contribution < 1.29 is 9.53 Å². The lowest BCUT2D eigenvalue weighted by Crippen LogP contribution is -2.39. The fourth-order valence-electron chi connectivity index (χ4n) is 3.59. The molecule has 2 heterocycles. The second-order valence-electron chi connectivity index (χ2n) is 6.95. The van der Waals surface area contributed by atoms with E-state index in [1.165, 1.54) is 30.4 Å². The molecule has 1 amide bonds. The van der Waals surface area contributed by atoms with E-state index in [0.29, 0.717) is 25.6 Å². The summed E-state index contributed by atoms with van der Waals surface area (Å²) < 4.78 is 7.37. The molecule has 1 aliphatic heterocycles. The molecule has 1 aromatic heterocycles. The van der Waals surface area contributed by atoms with Crippen molar-refractivity contribution in [3.05, 3.63) is 53.3 Å². The van der Waals surface area contributed by atoms with Gasteiger partial charge in [-0.3, -0.25) is 4.68 Å². The smallest absolute Gasteiger partial charge is 0.410 e. The van der Waals surface area contributed by atoms with Crippen LogP contribution in [0.4, 0.5) is 4.79 Å². The van der Waals surface area contributed by atoms with Gasteiger partial charge in [-0.25, -0.2) is 4.79 Å². The number of ether oxygens (including phenoxy) is 1. The highest BCUT2D eigenvalue weighted by atomic mass is 16.6. The molecule has 1 atom stereocenters. The lowest BCUT2D eigenvalue weighted by Gasteiger charge is -2.34. The summed E-state index contributed by atoms with van der Waals surface area (Å²) in [6, 6.07) is 8.35. The second-order valence-corrected chi connectivity index (χ2v) is 6.95. The summed E-state index contributed by atoms with van der Waals surface area (Å²) >= 11 is 0. The van der Waals surface area contributed by atoms with Crippen molar-refractivity contribution >= 4 is 6.09 Å². The first-order valence-corrected chi connectivity index (χ1v) is 8.69. The number of carbonyl (C=O) groups excluding carboxylic acids is 1. The Hall–Kier alpha value is -2.30. The maximum absolute atomic E-state index is 12.5. The van der Waals surface area contributed by atoms with Crippen LogP contribution in [0.25, 0.3) is 0 Å². The molecule has 1 aromatic carbocycles. The molecule has 2 aromatic rings. The van der Waals surface area contributed by atoms with Crippen molar-refractivity contribution in [1.82, 2.24) is 14.7 Å². The van der Waals surface area contributed by atoms with Gasteiger partial charge in [0, 0.05) is 32.3 Å². The summed E-state index contributed by atoms with van der Waals surface area (Å²) in [7, 11) is 1.92. The normalized spacial score (nSPS) is 20.4. The zero-order valence-corrected chi connectivity index (χ0v) is 14.0. The van der Waals surface area contributed by atoms with E-state index in [0.717, 1.165) is 5.56 Å². The summed E-state index contributed by atoms with van der Waals surface area (Å²) in [6.07, 6.45) is 7.38. The molecule has 5 nitrogen and oxygen atoms in total. The first-order chi connectivity index (χ1) is 11.7. The highest BCUT2D eigenvalue weighted by Crippen LogP contribution is 2.34. The van der Waals surface area contributed by atoms with Gasteiger partial charge in [-0.05, 0) is 35.4 Å². The summed E-state index contributed by atoms with van der Waals surface area (Å²) in [5, 5.41) is 4.29. The fourth-order valence-corrected chi connectivity index (χ4v) is 3.59.